The summed E-state index contributed by atoms with van der Waals surface area (Å²) in [7, 11) is 1.45. The second-order valence-corrected chi connectivity index (χ2v) is 4.04. The van der Waals surface area contributed by atoms with Crippen molar-refractivity contribution in [2.75, 3.05) is 7.11 Å². The minimum Gasteiger partial charge on any atom is -0.550 e. The summed E-state index contributed by atoms with van der Waals surface area (Å²) in [5.41, 5.74) is 1.88. The number of carbonyl (C=O) groups is 1. The SMILES string of the molecule is COc1nc(-c2ccccc2)nc(C)c1CC(=O)[O-]. The molecule has 1 aromatic heterocycles. The summed E-state index contributed by atoms with van der Waals surface area (Å²) < 4.78 is 5.15. The molecule has 1 aromatic carbocycles. The van der Waals surface area contributed by atoms with Crippen LogP contribution in [0, 0.1) is 6.92 Å². The lowest BCUT2D eigenvalue weighted by Gasteiger charge is -2.12. The van der Waals surface area contributed by atoms with Crippen LogP contribution in [0.4, 0.5) is 0 Å². The lowest BCUT2D eigenvalue weighted by molar-refractivity contribution is -0.304. The Balaban J connectivity index is 2.50. The van der Waals surface area contributed by atoms with Gasteiger partial charge in [0.25, 0.3) is 0 Å². The Labute approximate surface area is 110 Å². The molecule has 2 aromatic rings. The first-order valence-corrected chi connectivity index (χ1v) is 5.78. The van der Waals surface area contributed by atoms with Crippen molar-refractivity contribution in [3.05, 3.63) is 41.6 Å². The van der Waals surface area contributed by atoms with Crippen molar-refractivity contribution in [3.8, 4) is 17.3 Å². The molecule has 0 unspecified atom stereocenters. The molecule has 98 valence electrons. The van der Waals surface area contributed by atoms with E-state index in [4.69, 9.17) is 4.74 Å². The van der Waals surface area contributed by atoms with Gasteiger partial charge in [-0.15, -0.1) is 0 Å². The van der Waals surface area contributed by atoms with Gasteiger partial charge in [0.05, 0.1) is 7.11 Å². The Morgan fingerprint density at radius 3 is 2.53 bits per heavy atom. The number of carboxylic acids is 1. The average molecular weight is 257 g/mol. The molecule has 0 fully saturated rings. The topological polar surface area (TPSA) is 75.1 Å². The number of rotatable bonds is 4. The second kappa shape index (κ2) is 5.48. The monoisotopic (exact) mass is 257 g/mol. The van der Waals surface area contributed by atoms with Crippen molar-refractivity contribution in [1.82, 2.24) is 9.97 Å². The number of aromatic nitrogens is 2. The van der Waals surface area contributed by atoms with E-state index in [1.54, 1.807) is 6.92 Å². The third kappa shape index (κ3) is 2.88. The van der Waals surface area contributed by atoms with Gasteiger partial charge in [0, 0.05) is 29.2 Å². The molecule has 0 saturated heterocycles. The van der Waals surface area contributed by atoms with Gasteiger partial charge in [0.2, 0.25) is 5.88 Å². The number of hydrogen-bond acceptors (Lipinski definition) is 5. The van der Waals surface area contributed by atoms with Crippen molar-refractivity contribution in [1.29, 1.82) is 0 Å². The Kier molecular flexibility index (Phi) is 3.75. The number of methoxy groups -OCH3 is 1. The Hall–Kier alpha value is -2.43. The summed E-state index contributed by atoms with van der Waals surface area (Å²) >= 11 is 0. The molecule has 0 amide bonds. The van der Waals surface area contributed by atoms with Crippen molar-refractivity contribution in [2.45, 2.75) is 13.3 Å². The highest BCUT2D eigenvalue weighted by Crippen LogP contribution is 2.23. The lowest BCUT2D eigenvalue weighted by atomic mass is 10.1. The molecule has 0 saturated carbocycles. The molecular formula is C14H13N2O3-. The molecule has 0 atom stereocenters. The Morgan fingerprint density at radius 1 is 1.26 bits per heavy atom. The molecule has 19 heavy (non-hydrogen) atoms. The number of nitrogens with zero attached hydrogens (tertiary/aromatic N) is 2. The molecule has 0 bridgehead atoms. The van der Waals surface area contributed by atoms with E-state index < -0.39 is 5.97 Å². The standard InChI is InChI=1S/C14H14N2O3/c1-9-11(8-12(17)18)14(19-2)16-13(15-9)10-6-4-3-5-7-10/h3-7H,8H2,1-2H3,(H,17,18)/p-1. The highest BCUT2D eigenvalue weighted by Gasteiger charge is 2.13. The van der Waals surface area contributed by atoms with Crippen LogP contribution in [0.2, 0.25) is 0 Å². The minimum absolute atomic E-state index is 0.260. The molecule has 0 radical (unpaired) electrons. The molecule has 2 rings (SSSR count). The van der Waals surface area contributed by atoms with Crippen LogP contribution in [0.5, 0.6) is 5.88 Å². The number of benzene rings is 1. The van der Waals surface area contributed by atoms with E-state index in [1.165, 1.54) is 7.11 Å². The molecule has 0 aliphatic heterocycles. The fourth-order valence-corrected chi connectivity index (χ4v) is 1.80. The first-order valence-electron chi connectivity index (χ1n) is 5.78. The molecule has 5 nitrogen and oxygen atoms in total. The van der Waals surface area contributed by atoms with E-state index in [0.717, 1.165) is 5.56 Å². The van der Waals surface area contributed by atoms with Gasteiger partial charge >= 0.3 is 0 Å². The van der Waals surface area contributed by atoms with Gasteiger partial charge in [-0.3, -0.25) is 0 Å². The number of carboxylic acid groups (broad SMARTS) is 1. The number of aryl methyl sites for hydroxylation is 1. The van der Waals surface area contributed by atoms with Crippen molar-refractivity contribution in [2.24, 2.45) is 0 Å². The first kappa shape index (κ1) is 13.0. The van der Waals surface area contributed by atoms with Crippen LogP contribution in [0.3, 0.4) is 0 Å². The molecule has 0 aliphatic rings. The number of carbonyl (C=O) groups excluding carboxylic acids is 1. The molecule has 0 spiro atoms. The van der Waals surface area contributed by atoms with Gasteiger partial charge in [0.1, 0.15) is 0 Å². The van der Waals surface area contributed by atoms with Gasteiger partial charge in [0.15, 0.2) is 5.82 Å². The third-order valence-electron chi connectivity index (χ3n) is 2.72. The summed E-state index contributed by atoms with van der Waals surface area (Å²) in [6, 6.07) is 9.43. The molecular weight excluding hydrogens is 244 g/mol. The van der Waals surface area contributed by atoms with Crippen LogP contribution in [0.25, 0.3) is 11.4 Å². The van der Waals surface area contributed by atoms with Gasteiger partial charge in [-0.25, -0.2) is 4.98 Å². The van der Waals surface area contributed by atoms with E-state index in [2.05, 4.69) is 9.97 Å². The fraction of sp³-hybridized carbons (Fsp3) is 0.214. The zero-order valence-electron chi connectivity index (χ0n) is 10.7. The van der Waals surface area contributed by atoms with Gasteiger partial charge in [-0.05, 0) is 6.92 Å². The van der Waals surface area contributed by atoms with Crippen molar-refractivity contribution < 1.29 is 14.6 Å². The van der Waals surface area contributed by atoms with Crippen LogP contribution in [0.15, 0.2) is 30.3 Å². The predicted molar refractivity (Wildman–Crippen MR) is 67.5 cm³/mol. The van der Waals surface area contributed by atoms with Crippen LogP contribution in [0.1, 0.15) is 11.3 Å². The van der Waals surface area contributed by atoms with E-state index in [1.807, 2.05) is 30.3 Å². The maximum absolute atomic E-state index is 10.7. The number of hydrogen-bond donors (Lipinski definition) is 0. The summed E-state index contributed by atoms with van der Waals surface area (Å²) in [5, 5.41) is 10.7. The Morgan fingerprint density at radius 2 is 1.95 bits per heavy atom. The molecule has 5 heteroatoms. The maximum atomic E-state index is 10.7. The van der Waals surface area contributed by atoms with Crippen molar-refractivity contribution in [3.63, 3.8) is 0 Å². The molecule has 0 N–H and O–H groups in total. The second-order valence-electron chi connectivity index (χ2n) is 4.04. The summed E-state index contributed by atoms with van der Waals surface area (Å²) in [4.78, 5) is 19.3. The highest BCUT2D eigenvalue weighted by atomic mass is 16.5. The maximum Gasteiger partial charge on any atom is 0.220 e. The van der Waals surface area contributed by atoms with Crippen LogP contribution >= 0.6 is 0 Å². The van der Waals surface area contributed by atoms with Crippen LogP contribution in [-0.4, -0.2) is 23.0 Å². The first-order chi connectivity index (χ1) is 9.11. The Bertz CT molecular complexity index is 597. The quantitative estimate of drug-likeness (QED) is 0.808. The zero-order valence-corrected chi connectivity index (χ0v) is 10.7. The van der Waals surface area contributed by atoms with Gasteiger partial charge < -0.3 is 14.6 Å². The summed E-state index contributed by atoms with van der Waals surface area (Å²) in [5.74, 6) is -0.398. The summed E-state index contributed by atoms with van der Waals surface area (Å²) in [6.07, 6.45) is -0.260. The van der Waals surface area contributed by atoms with E-state index in [0.29, 0.717) is 17.1 Å². The number of aliphatic carboxylic acids is 1. The van der Waals surface area contributed by atoms with E-state index >= 15 is 0 Å². The average Bonchev–Trinajstić information content (AvgIpc) is 2.41. The predicted octanol–water partition coefficient (Wildman–Crippen LogP) is 0.753. The zero-order chi connectivity index (χ0) is 13.8. The minimum atomic E-state index is -1.18. The van der Waals surface area contributed by atoms with Crippen molar-refractivity contribution >= 4 is 5.97 Å². The van der Waals surface area contributed by atoms with Crippen LogP contribution < -0.4 is 9.84 Å². The highest BCUT2D eigenvalue weighted by molar-refractivity contribution is 5.70. The third-order valence-corrected chi connectivity index (χ3v) is 2.72. The number of ether oxygens (including phenoxy) is 1. The molecule has 0 aliphatic carbocycles. The normalized spacial score (nSPS) is 10.2. The van der Waals surface area contributed by atoms with E-state index in [-0.39, 0.29) is 12.3 Å². The van der Waals surface area contributed by atoms with Gasteiger partial charge in [-0.2, -0.15) is 4.98 Å². The lowest BCUT2D eigenvalue weighted by Crippen LogP contribution is -2.25. The van der Waals surface area contributed by atoms with Gasteiger partial charge in [-0.1, -0.05) is 30.3 Å². The fourth-order valence-electron chi connectivity index (χ4n) is 1.80. The van der Waals surface area contributed by atoms with Crippen LogP contribution in [-0.2, 0) is 11.2 Å². The summed E-state index contributed by atoms with van der Waals surface area (Å²) in [6.45, 7) is 1.73. The molecule has 1 heterocycles. The van der Waals surface area contributed by atoms with E-state index in [9.17, 15) is 9.90 Å². The largest absolute Gasteiger partial charge is 0.550 e. The smallest absolute Gasteiger partial charge is 0.220 e.